The summed E-state index contributed by atoms with van der Waals surface area (Å²) in [5.74, 6) is 0.955. The minimum atomic E-state index is -3.43. The van der Waals surface area contributed by atoms with Crippen LogP contribution in [0.25, 0.3) is 0 Å². The zero-order chi connectivity index (χ0) is 20.6. The Morgan fingerprint density at radius 1 is 1.14 bits per heavy atom. The second-order valence-electron chi connectivity index (χ2n) is 5.88. The SMILES string of the molecule is C=CCN(c1ccc(C(=O)NCCOc2ccccc2OC)cc1)S(C)(=O)=O. The fourth-order valence-electron chi connectivity index (χ4n) is 2.49. The van der Waals surface area contributed by atoms with Gasteiger partial charge in [-0.2, -0.15) is 0 Å². The topological polar surface area (TPSA) is 84.9 Å². The molecular weight excluding hydrogens is 380 g/mol. The minimum absolute atomic E-state index is 0.157. The van der Waals surface area contributed by atoms with Crippen molar-refractivity contribution in [2.75, 3.05) is 37.4 Å². The molecule has 0 aliphatic rings. The monoisotopic (exact) mass is 404 g/mol. The van der Waals surface area contributed by atoms with Crippen LogP contribution in [0.15, 0.2) is 61.2 Å². The Morgan fingerprint density at radius 2 is 1.79 bits per heavy atom. The summed E-state index contributed by atoms with van der Waals surface area (Å²) in [4.78, 5) is 12.2. The summed E-state index contributed by atoms with van der Waals surface area (Å²) < 4.78 is 35.7. The number of methoxy groups -OCH3 is 1. The van der Waals surface area contributed by atoms with Crippen LogP contribution in [0.3, 0.4) is 0 Å². The minimum Gasteiger partial charge on any atom is -0.493 e. The molecule has 7 nitrogen and oxygen atoms in total. The summed E-state index contributed by atoms with van der Waals surface area (Å²) in [7, 11) is -1.87. The van der Waals surface area contributed by atoms with Crippen LogP contribution in [0.5, 0.6) is 11.5 Å². The molecule has 1 amide bonds. The van der Waals surface area contributed by atoms with Gasteiger partial charge in [-0.1, -0.05) is 18.2 Å². The zero-order valence-corrected chi connectivity index (χ0v) is 16.7. The lowest BCUT2D eigenvalue weighted by Gasteiger charge is -2.20. The fraction of sp³-hybridized carbons (Fsp3) is 0.250. The van der Waals surface area contributed by atoms with E-state index in [9.17, 15) is 13.2 Å². The smallest absolute Gasteiger partial charge is 0.251 e. The second kappa shape index (κ2) is 9.80. The van der Waals surface area contributed by atoms with Crippen molar-refractivity contribution in [3.8, 4) is 11.5 Å². The maximum absolute atomic E-state index is 12.2. The third kappa shape index (κ3) is 5.75. The van der Waals surface area contributed by atoms with E-state index in [2.05, 4.69) is 11.9 Å². The molecule has 0 radical (unpaired) electrons. The number of rotatable bonds is 10. The largest absolute Gasteiger partial charge is 0.493 e. The highest BCUT2D eigenvalue weighted by Gasteiger charge is 2.16. The van der Waals surface area contributed by atoms with Crippen LogP contribution >= 0.6 is 0 Å². The van der Waals surface area contributed by atoms with Crippen molar-refractivity contribution in [2.24, 2.45) is 0 Å². The standard InChI is InChI=1S/C20H24N2O5S/c1-4-14-22(28(3,24)25)17-11-9-16(10-12-17)20(23)21-13-15-27-19-8-6-5-7-18(19)26-2/h4-12H,1,13-15H2,2-3H3,(H,21,23). The van der Waals surface area contributed by atoms with Crippen LogP contribution in [0.4, 0.5) is 5.69 Å². The zero-order valence-electron chi connectivity index (χ0n) is 15.9. The molecule has 8 heteroatoms. The van der Waals surface area contributed by atoms with E-state index >= 15 is 0 Å². The summed E-state index contributed by atoms with van der Waals surface area (Å²) in [6, 6.07) is 13.6. The van der Waals surface area contributed by atoms with Crippen molar-refractivity contribution in [3.05, 3.63) is 66.7 Å². The quantitative estimate of drug-likeness (QED) is 0.486. The number of carbonyl (C=O) groups excluding carboxylic acids is 1. The molecule has 150 valence electrons. The summed E-state index contributed by atoms with van der Waals surface area (Å²) in [6.07, 6.45) is 2.63. The average molecular weight is 404 g/mol. The van der Waals surface area contributed by atoms with Crippen LogP contribution in [-0.4, -0.2) is 47.4 Å². The number of hydrogen-bond donors (Lipinski definition) is 1. The Balaban J connectivity index is 1.91. The molecule has 0 fully saturated rings. The van der Waals surface area contributed by atoms with Gasteiger partial charge in [0.05, 0.1) is 32.1 Å². The number of hydrogen-bond acceptors (Lipinski definition) is 5. The van der Waals surface area contributed by atoms with Gasteiger partial charge in [0.1, 0.15) is 6.61 Å². The first-order valence-corrected chi connectivity index (χ1v) is 10.4. The highest BCUT2D eigenvalue weighted by molar-refractivity contribution is 7.92. The van der Waals surface area contributed by atoms with Crippen molar-refractivity contribution < 1.29 is 22.7 Å². The van der Waals surface area contributed by atoms with Gasteiger partial charge < -0.3 is 14.8 Å². The first-order valence-electron chi connectivity index (χ1n) is 8.59. The van der Waals surface area contributed by atoms with Crippen molar-refractivity contribution in [1.29, 1.82) is 0 Å². The Kier molecular flexibility index (Phi) is 7.45. The number of para-hydroxylation sites is 2. The fourth-order valence-corrected chi connectivity index (χ4v) is 3.38. The molecule has 0 aliphatic heterocycles. The van der Waals surface area contributed by atoms with E-state index in [0.29, 0.717) is 29.3 Å². The molecule has 0 bridgehead atoms. The predicted octanol–water partition coefficient (Wildman–Crippen LogP) is 2.46. The van der Waals surface area contributed by atoms with Crippen LogP contribution in [0, 0.1) is 0 Å². The number of anilines is 1. The van der Waals surface area contributed by atoms with Crippen molar-refractivity contribution in [2.45, 2.75) is 0 Å². The van der Waals surface area contributed by atoms with Gasteiger partial charge in [-0.3, -0.25) is 9.10 Å². The Labute approximate surface area is 165 Å². The van der Waals surface area contributed by atoms with E-state index in [-0.39, 0.29) is 19.1 Å². The van der Waals surface area contributed by atoms with Crippen molar-refractivity contribution in [1.82, 2.24) is 5.32 Å². The van der Waals surface area contributed by atoms with Gasteiger partial charge in [-0.05, 0) is 36.4 Å². The normalized spacial score (nSPS) is 10.8. The molecular formula is C20H24N2O5S. The van der Waals surface area contributed by atoms with E-state index in [1.165, 1.54) is 10.4 Å². The molecule has 0 atom stereocenters. The molecule has 0 heterocycles. The summed E-state index contributed by atoms with van der Waals surface area (Å²) >= 11 is 0. The number of carbonyl (C=O) groups is 1. The predicted molar refractivity (Wildman–Crippen MR) is 110 cm³/mol. The lowest BCUT2D eigenvalue weighted by Crippen LogP contribution is -2.30. The number of sulfonamides is 1. The number of benzene rings is 2. The first kappa shape index (κ1) is 21.3. The lowest BCUT2D eigenvalue weighted by molar-refractivity contribution is 0.0947. The van der Waals surface area contributed by atoms with Gasteiger partial charge in [0.25, 0.3) is 5.91 Å². The lowest BCUT2D eigenvalue weighted by atomic mass is 10.2. The van der Waals surface area contributed by atoms with Gasteiger partial charge in [-0.25, -0.2) is 8.42 Å². The van der Waals surface area contributed by atoms with E-state index in [1.807, 2.05) is 12.1 Å². The van der Waals surface area contributed by atoms with Crippen LogP contribution in [0.2, 0.25) is 0 Å². The molecule has 2 aromatic rings. The Hall–Kier alpha value is -3.00. The van der Waals surface area contributed by atoms with Gasteiger partial charge in [0, 0.05) is 5.56 Å². The third-order valence-electron chi connectivity index (χ3n) is 3.83. The summed E-state index contributed by atoms with van der Waals surface area (Å²) in [6.45, 7) is 4.32. The molecule has 28 heavy (non-hydrogen) atoms. The average Bonchev–Trinajstić information content (AvgIpc) is 2.68. The first-order chi connectivity index (χ1) is 13.4. The molecule has 2 aromatic carbocycles. The van der Waals surface area contributed by atoms with Gasteiger partial charge >= 0.3 is 0 Å². The molecule has 2 rings (SSSR count). The molecule has 0 unspecified atom stereocenters. The Bertz CT molecular complexity index is 910. The molecule has 0 spiro atoms. The van der Waals surface area contributed by atoms with Crippen LogP contribution < -0.4 is 19.1 Å². The molecule has 0 saturated carbocycles. The second-order valence-corrected chi connectivity index (χ2v) is 7.79. The molecule has 0 saturated heterocycles. The maximum atomic E-state index is 12.2. The van der Waals surface area contributed by atoms with Crippen molar-refractivity contribution in [3.63, 3.8) is 0 Å². The van der Waals surface area contributed by atoms with E-state index in [4.69, 9.17) is 9.47 Å². The highest BCUT2D eigenvalue weighted by atomic mass is 32.2. The van der Waals surface area contributed by atoms with E-state index in [0.717, 1.165) is 6.26 Å². The molecule has 0 aliphatic carbocycles. The van der Waals surface area contributed by atoms with Gasteiger partial charge in [0.15, 0.2) is 11.5 Å². The highest BCUT2D eigenvalue weighted by Crippen LogP contribution is 2.25. The van der Waals surface area contributed by atoms with Crippen LogP contribution in [0.1, 0.15) is 10.4 Å². The number of nitrogens with zero attached hydrogens (tertiary/aromatic N) is 1. The maximum Gasteiger partial charge on any atom is 0.251 e. The van der Waals surface area contributed by atoms with Crippen LogP contribution in [-0.2, 0) is 10.0 Å². The summed E-state index contributed by atoms with van der Waals surface area (Å²) in [5, 5.41) is 2.76. The molecule has 0 aromatic heterocycles. The third-order valence-corrected chi connectivity index (χ3v) is 4.99. The van der Waals surface area contributed by atoms with E-state index < -0.39 is 10.0 Å². The number of ether oxygens (including phenoxy) is 2. The number of amides is 1. The van der Waals surface area contributed by atoms with E-state index in [1.54, 1.807) is 43.5 Å². The van der Waals surface area contributed by atoms with Gasteiger partial charge in [-0.15, -0.1) is 6.58 Å². The van der Waals surface area contributed by atoms with Gasteiger partial charge in [0.2, 0.25) is 10.0 Å². The van der Waals surface area contributed by atoms with Crippen molar-refractivity contribution >= 4 is 21.6 Å². The number of nitrogens with one attached hydrogen (secondary N) is 1. The Morgan fingerprint density at radius 3 is 2.36 bits per heavy atom. The summed E-state index contributed by atoms with van der Waals surface area (Å²) in [5.41, 5.74) is 0.895. The molecule has 1 N–H and O–H groups in total.